The van der Waals surface area contributed by atoms with Crippen LogP contribution < -0.4 is 10.1 Å². The molecule has 0 saturated heterocycles. The first kappa shape index (κ1) is 19.5. The summed E-state index contributed by atoms with van der Waals surface area (Å²) in [7, 11) is 1.57. The van der Waals surface area contributed by atoms with Crippen LogP contribution in [0, 0.1) is 0 Å². The van der Waals surface area contributed by atoms with Crippen molar-refractivity contribution in [1.82, 2.24) is 20.1 Å². The molecule has 3 aromatic rings. The summed E-state index contributed by atoms with van der Waals surface area (Å²) in [6, 6.07) is 16.6. The molecule has 0 saturated carbocycles. The number of carbonyl (C=O) groups is 1. The van der Waals surface area contributed by atoms with Gasteiger partial charge < -0.3 is 20.3 Å². The molecule has 3 N–H and O–H groups in total. The Kier molecular flexibility index (Phi) is 5.72. The largest absolute Gasteiger partial charge is 0.497 e. The molecule has 0 fully saturated rings. The van der Waals surface area contributed by atoms with Crippen molar-refractivity contribution >= 4 is 5.91 Å². The lowest BCUT2D eigenvalue weighted by Crippen LogP contribution is -2.52. The van der Waals surface area contributed by atoms with Crippen molar-refractivity contribution < 1.29 is 19.7 Å². The number of rotatable bonds is 7. The Hall–Kier alpha value is -3.23. The number of methoxy groups -OCH3 is 1. The predicted octanol–water partition coefficient (Wildman–Crippen LogP) is 1.42. The summed E-state index contributed by atoms with van der Waals surface area (Å²) in [5, 5.41) is 25.8. The number of hydrogen-bond donors (Lipinski definition) is 3. The first-order valence-corrected chi connectivity index (χ1v) is 8.71. The molecule has 0 unspecified atom stereocenters. The Bertz CT molecular complexity index is 952. The monoisotopic (exact) mass is 382 g/mol. The van der Waals surface area contributed by atoms with Gasteiger partial charge in [0.15, 0.2) is 5.82 Å². The Balaban J connectivity index is 2.07. The van der Waals surface area contributed by atoms with Crippen molar-refractivity contribution in [3.8, 4) is 22.8 Å². The minimum absolute atomic E-state index is 0.0743. The molecule has 1 amide bonds. The minimum Gasteiger partial charge on any atom is -0.497 e. The maximum atomic E-state index is 12.6. The molecule has 28 heavy (non-hydrogen) atoms. The maximum Gasteiger partial charge on any atom is 0.291 e. The van der Waals surface area contributed by atoms with Crippen molar-refractivity contribution in [1.29, 1.82) is 0 Å². The van der Waals surface area contributed by atoms with Crippen LogP contribution in [0.5, 0.6) is 5.75 Å². The summed E-state index contributed by atoms with van der Waals surface area (Å²) in [4.78, 5) is 17.0. The van der Waals surface area contributed by atoms with Gasteiger partial charge in [0.1, 0.15) is 5.75 Å². The Labute approximate surface area is 162 Å². The molecule has 0 aliphatic heterocycles. The third-order valence-electron chi connectivity index (χ3n) is 4.25. The minimum atomic E-state index is -1.18. The van der Waals surface area contributed by atoms with Gasteiger partial charge in [-0.1, -0.05) is 30.3 Å². The van der Waals surface area contributed by atoms with E-state index >= 15 is 0 Å². The Morgan fingerprint density at radius 1 is 1.14 bits per heavy atom. The molecule has 8 heteroatoms. The lowest BCUT2D eigenvalue weighted by Gasteiger charge is -2.25. The van der Waals surface area contributed by atoms with Crippen LogP contribution in [0.3, 0.4) is 0 Å². The number of aliphatic hydroxyl groups is 2. The van der Waals surface area contributed by atoms with Gasteiger partial charge in [-0.3, -0.25) is 4.79 Å². The highest BCUT2D eigenvalue weighted by atomic mass is 16.5. The molecular formula is C20H22N4O4. The quantitative estimate of drug-likeness (QED) is 0.570. The fourth-order valence-electron chi connectivity index (χ4n) is 2.57. The molecule has 0 aliphatic carbocycles. The molecule has 8 nitrogen and oxygen atoms in total. The summed E-state index contributed by atoms with van der Waals surface area (Å²) in [5.41, 5.74) is 0.284. The lowest BCUT2D eigenvalue weighted by molar-refractivity contribution is 0.0715. The fourth-order valence-corrected chi connectivity index (χ4v) is 2.57. The van der Waals surface area contributed by atoms with E-state index in [9.17, 15) is 15.0 Å². The second kappa shape index (κ2) is 8.20. The van der Waals surface area contributed by atoms with Crippen LogP contribution in [0.15, 0.2) is 54.6 Å². The summed E-state index contributed by atoms with van der Waals surface area (Å²) in [6.45, 7) is 0.691. The van der Waals surface area contributed by atoms with Gasteiger partial charge in [0, 0.05) is 5.56 Å². The molecule has 0 atom stereocenters. The van der Waals surface area contributed by atoms with Crippen molar-refractivity contribution in [3.05, 3.63) is 60.4 Å². The number of ether oxygens (including phenoxy) is 1. The van der Waals surface area contributed by atoms with Gasteiger partial charge in [-0.2, -0.15) is 0 Å². The second-order valence-corrected chi connectivity index (χ2v) is 6.57. The van der Waals surface area contributed by atoms with E-state index < -0.39 is 24.7 Å². The van der Waals surface area contributed by atoms with Crippen molar-refractivity contribution in [2.24, 2.45) is 0 Å². The average molecular weight is 382 g/mol. The summed E-state index contributed by atoms with van der Waals surface area (Å²) in [5.74, 6) is 0.448. The number of amides is 1. The van der Waals surface area contributed by atoms with Crippen LogP contribution in [0.4, 0.5) is 0 Å². The van der Waals surface area contributed by atoms with Crippen molar-refractivity contribution in [2.75, 3.05) is 20.3 Å². The standard InChI is InChI=1S/C20H22N4O4/c1-20(12-25,13-26)22-19(27)17-21-18(14-7-6-10-16(11-14)28-2)24(23-17)15-8-4-3-5-9-15/h3-11,25-26H,12-13H2,1-2H3,(H,22,27). The lowest BCUT2D eigenvalue weighted by atomic mass is 10.1. The Morgan fingerprint density at radius 3 is 2.50 bits per heavy atom. The molecular weight excluding hydrogens is 360 g/mol. The Morgan fingerprint density at radius 2 is 1.86 bits per heavy atom. The zero-order valence-corrected chi connectivity index (χ0v) is 15.7. The number of aliphatic hydroxyl groups excluding tert-OH is 2. The molecule has 0 aliphatic rings. The van der Waals surface area contributed by atoms with E-state index in [4.69, 9.17) is 4.74 Å². The topological polar surface area (TPSA) is 110 Å². The van der Waals surface area contributed by atoms with E-state index in [-0.39, 0.29) is 5.82 Å². The molecule has 3 rings (SSSR count). The average Bonchev–Trinajstić information content (AvgIpc) is 3.20. The number of hydrogen-bond acceptors (Lipinski definition) is 6. The third kappa shape index (κ3) is 4.03. The SMILES string of the molecule is COc1cccc(-c2nc(C(=O)NC(C)(CO)CO)nn2-c2ccccc2)c1. The van der Waals surface area contributed by atoms with Crippen molar-refractivity contribution in [3.63, 3.8) is 0 Å². The van der Waals surface area contributed by atoms with E-state index in [0.29, 0.717) is 11.6 Å². The highest BCUT2D eigenvalue weighted by Crippen LogP contribution is 2.25. The number of para-hydroxylation sites is 1. The highest BCUT2D eigenvalue weighted by Gasteiger charge is 2.28. The molecule has 2 aromatic carbocycles. The molecule has 0 spiro atoms. The summed E-state index contributed by atoms with van der Waals surface area (Å²) >= 11 is 0. The third-order valence-corrected chi connectivity index (χ3v) is 4.25. The zero-order valence-electron chi connectivity index (χ0n) is 15.7. The zero-order chi connectivity index (χ0) is 20.1. The van der Waals surface area contributed by atoms with Gasteiger partial charge in [0.25, 0.3) is 5.91 Å². The highest BCUT2D eigenvalue weighted by molar-refractivity contribution is 5.91. The van der Waals surface area contributed by atoms with Gasteiger partial charge in [-0.25, -0.2) is 9.67 Å². The molecule has 0 bridgehead atoms. The van der Waals surface area contributed by atoms with Crippen LogP contribution in [-0.2, 0) is 0 Å². The second-order valence-electron chi connectivity index (χ2n) is 6.57. The van der Waals surface area contributed by atoms with Crippen LogP contribution >= 0.6 is 0 Å². The molecule has 146 valence electrons. The smallest absolute Gasteiger partial charge is 0.291 e. The first-order valence-electron chi connectivity index (χ1n) is 8.71. The van der Waals surface area contributed by atoms with E-state index in [1.807, 2.05) is 48.5 Å². The van der Waals surface area contributed by atoms with Gasteiger partial charge in [0.2, 0.25) is 5.82 Å². The maximum absolute atomic E-state index is 12.6. The van der Waals surface area contributed by atoms with E-state index in [1.165, 1.54) is 6.92 Å². The van der Waals surface area contributed by atoms with E-state index in [2.05, 4.69) is 15.4 Å². The van der Waals surface area contributed by atoms with Gasteiger partial charge in [-0.05, 0) is 31.2 Å². The van der Waals surface area contributed by atoms with Gasteiger partial charge in [-0.15, -0.1) is 5.10 Å². The molecule has 0 radical (unpaired) electrons. The van der Waals surface area contributed by atoms with Gasteiger partial charge >= 0.3 is 0 Å². The number of nitrogens with zero attached hydrogens (tertiary/aromatic N) is 3. The van der Waals surface area contributed by atoms with Crippen LogP contribution in [0.25, 0.3) is 17.1 Å². The molecule has 1 aromatic heterocycles. The number of benzene rings is 2. The normalized spacial score (nSPS) is 11.3. The van der Waals surface area contributed by atoms with Crippen LogP contribution in [-0.4, -0.2) is 56.7 Å². The fraction of sp³-hybridized carbons (Fsp3) is 0.250. The first-order chi connectivity index (χ1) is 13.5. The van der Waals surface area contributed by atoms with Crippen LogP contribution in [0.1, 0.15) is 17.5 Å². The predicted molar refractivity (Wildman–Crippen MR) is 103 cm³/mol. The van der Waals surface area contributed by atoms with Gasteiger partial charge in [0.05, 0.1) is 31.5 Å². The summed E-state index contributed by atoms with van der Waals surface area (Å²) in [6.07, 6.45) is 0. The molecule has 1 heterocycles. The number of aromatic nitrogens is 3. The van der Waals surface area contributed by atoms with E-state index in [1.54, 1.807) is 17.9 Å². The number of carbonyl (C=O) groups excluding carboxylic acids is 1. The summed E-state index contributed by atoms with van der Waals surface area (Å²) < 4.78 is 6.85. The van der Waals surface area contributed by atoms with Crippen LogP contribution in [0.2, 0.25) is 0 Å². The van der Waals surface area contributed by atoms with Crippen molar-refractivity contribution in [2.45, 2.75) is 12.5 Å². The van der Waals surface area contributed by atoms with E-state index in [0.717, 1.165) is 11.3 Å². The number of nitrogens with one attached hydrogen (secondary N) is 1.